The molecule has 0 radical (unpaired) electrons. The summed E-state index contributed by atoms with van der Waals surface area (Å²) in [6.07, 6.45) is 4.87. The van der Waals surface area contributed by atoms with Gasteiger partial charge in [-0.05, 0) is 81.8 Å². The van der Waals surface area contributed by atoms with Crippen LogP contribution in [0.15, 0.2) is 77.9 Å². The number of hydrogen-bond acceptors (Lipinski definition) is 9. The van der Waals surface area contributed by atoms with Gasteiger partial charge in [-0.1, -0.05) is 59.6 Å². The van der Waals surface area contributed by atoms with Crippen LogP contribution < -0.4 is 20.9 Å². The highest BCUT2D eigenvalue weighted by Gasteiger charge is 2.35. The van der Waals surface area contributed by atoms with Crippen molar-refractivity contribution in [2.45, 2.75) is 64.8 Å². The molecule has 1 aliphatic heterocycles. The normalized spacial score (nSPS) is 17.7. The second-order valence-electron chi connectivity index (χ2n) is 15.7. The average Bonchev–Trinajstić information content (AvgIpc) is 3.83. The van der Waals surface area contributed by atoms with E-state index >= 15 is 0 Å². The highest BCUT2D eigenvalue weighted by molar-refractivity contribution is 6.39. The summed E-state index contributed by atoms with van der Waals surface area (Å²) in [5.41, 5.74) is 5.02. The van der Waals surface area contributed by atoms with Crippen molar-refractivity contribution in [2.24, 2.45) is 11.8 Å². The number of hydrogen-bond donors (Lipinski definition) is 3. The molecule has 0 spiro atoms. The van der Waals surface area contributed by atoms with Crippen molar-refractivity contribution in [1.29, 1.82) is 0 Å². The van der Waals surface area contributed by atoms with Crippen LogP contribution in [0.25, 0.3) is 39.2 Å². The molecule has 12 nitrogen and oxygen atoms in total. The van der Waals surface area contributed by atoms with E-state index in [1.807, 2.05) is 81.4 Å². The van der Waals surface area contributed by atoms with Crippen LogP contribution in [0.3, 0.4) is 0 Å². The summed E-state index contributed by atoms with van der Waals surface area (Å²) in [7, 11) is 1.52. The Labute approximate surface area is 341 Å². The number of aliphatic hydroxyl groups excluding tert-OH is 1. The summed E-state index contributed by atoms with van der Waals surface area (Å²) in [6.45, 7) is 7.22. The SMILES string of the molecule is COc1nc(-c2cccc(-c3cccc(-c4ccn5c(=O)c(CNC[C@@H]6C[C@H]6CO)cnc5c4)c3Cl)c2Cl)ccc1CN(C[C@@H]1CCC(=O)N1)C(=O)OC(C)(C)C. The third kappa shape index (κ3) is 9.10. The summed E-state index contributed by atoms with van der Waals surface area (Å²) in [5.74, 6) is 1.09. The molecule has 1 saturated carbocycles. The molecule has 1 aliphatic carbocycles. The van der Waals surface area contributed by atoms with Gasteiger partial charge in [0.25, 0.3) is 5.56 Å². The van der Waals surface area contributed by atoms with Gasteiger partial charge in [-0.15, -0.1) is 0 Å². The van der Waals surface area contributed by atoms with Crippen molar-refractivity contribution in [2.75, 3.05) is 26.8 Å². The Balaban J connectivity index is 1.13. The number of carbonyl (C=O) groups is 2. The predicted octanol–water partition coefficient (Wildman–Crippen LogP) is 7.14. The highest BCUT2D eigenvalue weighted by atomic mass is 35.5. The van der Waals surface area contributed by atoms with Gasteiger partial charge in [0.05, 0.1) is 29.4 Å². The number of fused-ring (bicyclic) bond motifs is 1. The van der Waals surface area contributed by atoms with Gasteiger partial charge >= 0.3 is 6.09 Å². The molecule has 3 aromatic heterocycles. The first-order valence-electron chi connectivity index (χ1n) is 19.0. The lowest BCUT2D eigenvalue weighted by Crippen LogP contribution is -2.43. The molecule has 298 valence electrons. The topological polar surface area (TPSA) is 147 Å². The first-order valence-corrected chi connectivity index (χ1v) is 19.8. The minimum atomic E-state index is -0.706. The fourth-order valence-electron chi connectivity index (χ4n) is 7.21. The van der Waals surface area contributed by atoms with Crippen LogP contribution in [-0.4, -0.2) is 74.8 Å². The number of pyridine rings is 2. The van der Waals surface area contributed by atoms with Gasteiger partial charge in [-0.3, -0.25) is 14.0 Å². The molecule has 0 bridgehead atoms. The zero-order valence-corrected chi connectivity index (χ0v) is 33.9. The maximum Gasteiger partial charge on any atom is 0.410 e. The van der Waals surface area contributed by atoms with Crippen molar-refractivity contribution in [1.82, 2.24) is 29.9 Å². The highest BCUT2D eigenvalue weighted by Crippen LogP contribution is 2.42. The van der Waals surface area contributed by atoms with Gasteiger partial charge in [0.2, 0.25) is 11.8 Å². The molecule has 2 aliphatic rings. The molecule has 3 atom stereocenters. The van der Waals surface area contributed by atoms with Crippen molar-refractivity contribution in [3.8, 4) is 39.4 Å². The number of rotatable bonds is 13. The maximum absolute atomic E-state index is 13.3. The minimum absolute atomic E-state index is 0.0374. The number of benzene rings is 2. The van der Waals surface area contributed by atoms with Crippen LogP contribution >= 0.6 is 23.2 Å². The standard InChI is InChI=1S/C43H46Cl2N6O6/c1-43(2,3)57-42(55)50(23-30-12-14-37(53)48-30)22-26-11-13-35(49-40(26)56-4)34-10-6-9-33(39(34)45)32-8-5-7-31(38(32)44)25-15-16-51-36(18-25)47-21-29(41(51)54)20-46-19-27-17-28(27)24-52/h5-11,13,15-16,18,21,27-28,30,46,52H,12,14,17,19-20,22-24H2,1-4H3,(H,48,53)/t27-,28-,30-/m0/s1. The number of aromatic nitrogens is 3. The molecule has 2 aromatic carbocycles. The molecule has 7 rings (SSSR count). The molecule has 2 fully saturated rings. The third-order valence-corrected chi connectivity index (χ3v) is 11.2. The van der Waals surface area contributed by atoms with Crippen molar-refractivity contribution in [3.05, 3.63) is 105 Å². The lowest BCUT2D eigenvalue weighted by molar-refractivity contribution is -0.119. The van der Waals surface area contributed by atoms with Crippen molar-refractivity contribution < 1.29 is 24.2 Å². The predicted molar refractivity (Wildman–Crippen MR) is 220 cm³/mol. The Morgan fingerprint density at radius 3 is 2.39 bits per heavy atom. The van der Waals surface area contributed by atoms with E-state index < -0.39 is 11.7 Å². The van der Waals surface area contributed by atoms with E-state index in [-0.39, 0.29) is 37.2 Å². The summed E-state index contributed by atoms with van der Waals surface area (Å²) in [5, 5.41) is 16.5. The van der Waals surface area contributed by atoms with Gasteiger partial charge in [-0.25, -0.2) is 14.8 Å². The molecule has 5 aromatic rings. The summed E-state index contributed by atoms with van der Waals surface area (Å²) in [4.78, 5) is 49.5. The minimum Gasteiger partial charge on any atom is -0.481 e. The summed E-state index contributed by atoms with van der Waals surface area (Å²) >= 11 is 14.3. The maximum atomic E-state index is 13.3. The van der Waals surface area contributed by atoms with Gasteiger partial charge in [0.1, 0.15) is 11.2 Å². The van der Waals surface area contributed by atoms with E-state index in [1.165, 1.54) is 11.5 Å². The van der Waals surface area contributed by atoms with Crippen molar-refractivity contribution >= 4 is 40.8 Å². The van der Waals surface area contributed by atoms with E-state index in [0.717, 1.165) is 24.1 Å². The Morgan fingerprint density at radius 2 is 1.72 bits per heavy atom. The van der Waals surface area contributed by atoms with E-state index in [1.54, 1.807) is 17.3 Å². The molecule has 0 unspecified atom stereocenters. The average molecular weight is 814 g/mol. The second-order valence-corrected chi connectivity index (χ2v) is 16.4. The van der Waals surface area contributed by atoms with Crippen LogP contribution in [0.2, 0.25) is 10.0 Å². The van der Waals surface area contributed by atoms with Crippen LogP contribution in [0.5, 0.6) is 5.88 Å². The zero-order chi connectivity index (χ0) is 40.4. The Bertz CT molecular complexity index is 2380. The number of aliphatic hydroxyl groups is 1. The van der Waals surface area contributed by atoms with Crippen LogP contribution in [0, 0.1) is 11.8 Å². The van der Waals surface area contributed by atoms with Gasteiger partial charge in [-0.2, -0.15) is 0 Å². The quantitative estimate of drug-likeness (QED) is 0.113. The fourth-order valence-corrected chi connectivity index (χ4v) is 7.87. The molecular weight excluding hydrogens is 767 g/mol. The van der Waals surface area contributed by atoms with E-state index in [0.29, 0.717) is 86.3 Å². The van der Waals surface area contributed by atoms with Crippen molar-refractivity contribution in [3.63, 3.8) is 0 Å². The Morgan fingerprint density at radius 1 is 1.00 bits per heavy atom. The molecule has 4 heterocycles. The van der Waals surface area contributed by atoms with Gasteiger partial charge < -0.3 is 30.1 Å². The van der Waals surface area contributed by atoms with Gasteiger partial charge in [0.15, 0.2) is 0 Å². The Kier molecular flexibility index (Phi) is 11.9. The molecule has 14 heteroatoms. The van der Waals surface area contributed by atoms with E-state index in [2.05, 4.69) is 15.6 Å². The molecular formula is C43H46Cl2N6O6. The molecule has 1 saturated heterocycles. The number of halogens is 2. The largest absolute Gasteiger partial charge is 0.481 e. The number of nitrogens with zero attached hydrogens (tertiary/aromatic N) is 4. The van der Waals surface area contributed by atoms with Crippen LogP contribution in [0.4, 0.5) is 4.79 Å². The van der Waals surface area contributed by atoms with E-state index in [9.17, 15) is 19.5 Å². The number of ether oxygens (including phenoxy) is 2. The number of amides is 2. The lowest BCUT2D eigenvalue weighted by Gasteiger charge is -2.29. The second kappa shape index (κ2) is 16.8. The first-order chi connectivity index (χ1) is 27.3. The first kappa shape index (κ1) is 40.2. The monoisotopic (exact) mass is 812 g/mol. The third-order valence-electron chi connectivity index (χ3n) is 10.4. The molecule has 3 N–H and O–H groups in total. The number of nitrogens with one attached hydrogen (secondary N) is 2. The van der Waals surface area contributed by atoms with Crippen LogP contribution in [-0.2, 0) is 22.6 Å². The molecule has 2 amide bonds. The smallest absolute Gasteiger partial charge is 0.410 e. The zero-order valence-electron chi connectivity index (χ0n) is 32.4. The Hall–Kier alpha value is -5.01. The lowest BCUT2D eigenvalue weighted by atomic mass is 9.97. The van der Waals surface area contributed by atoms with Gasteiger partial charge in [0, 0.05) is 77.9 Å². The molecule has 57 heavy (non-hydrogen) atoms. The van der Waals surface area contributed by atoms with E-state index in [4.69, 9.17) is 37.7 Å². The summed E-state index contributed by atoms with van der Waals surface area (Å²) < 4.78 is 13.0. The number of carbonyl (C=O) groups excluding carboxylic acids is 2. The summed E-state index contributed by atoms with van der Waals surface area (Å²) in [6, 6.07) is 18.5. The van der Waals surface area contributed by atoms with Crippen LogP contribution in [0.1, 0.15) is 51.2 Å². The fraction of sp³-hybridized carbons (Fsp3) is 0.372. The number of methoxy groups -OCH3 is 1.